The van der Waals surface area contributed by atoms with E-state index in [-0.39, 0.29) is 5.91 Å². The van der Waals surface area contributed by atoms with E-state index in [0.717, 1.165) is 35.7 Å². The van der Waals surface area contributed by atoms with Gasteiger partial charge in [-0.25, -0.2) is 0 Å². The fraction of sp³-hybridized carbons (Fsp3) is 0.400. The smallest absolute Gasteiger partial charge is 0.224 e. The van der Waals surface area contributed by atoms with Crippen LogP contribution >= 0.6 is 0 Å². The molecule has 1 N–H and O–H groups in total. The molecule has 0 unspecified atom stereocenters. The number of hydrogen-bond donors (Lipinski definition) is 1. The minimum Gasteiger partial charge on any atom is -0.355 e. The molecule has 1 aromatic carbocycles. The number of nitrogens with one attached hydrogen (secondary N) is 1. The first-order chi connectivity index (χ1) is 13.1. The second kappa shape index (κ2) is 7.34. The summed E-state index contributed by atoms with van der Waals surface area (Å²) < 4.78 is 1.76. The maximum absolute atomic E-state index is 12.4. The third-order valence-electron chi connectivity index (χ3n) is 5.06. The van der Waals surface area contributed by atoms with Crippen LogP contribution in [0.5, 0.6) is 0 Å². The fourth-order valence-corrected chi connectivity index (χ4v) is 3.53. The highest BCUT2D eigenvalue weighted by Gasteiger charge is 2.16. The van der Waals surface area contributed by atoms with Gasteiger partial charge in [-0.2, -0.15) is 4.52 Å². The first-order valence-electron chi connectivity index (χ1n) is 9.44. The van der Waals surface area contributed by atoms with E-state index in [1.165, 1.54) is 12.8 Å². The highest BCUT2D eigenvalue weighted by Crippen LogP contribution is 2.20. The zero-order valence-electron chi connectivity index (χ0n) is 15.8. The Morgan fingerprint density at radius 2 is 1.81 bits per heavy atom. The molecule has 0 atom stereocenters. The highest BCUT2D eigenvalue weighted by molar-refractivity contribution is 5.92. The lowest BCUT2D eigenvalue weighted by Gasteiger charge is -2.15. The average Bonchev–Trinajstić information content (AvgIpc) is 3.32. The van der Waals surface area contributed by atoms with Gasteiger partial charge < -0.3 is 10.2 Å². The van der Waals surface area contributed by atoms with Crippen molar-refractivity contribution in [1.82, 2.24) is 19.8 Å². The number of aryl methyl sites for hydroxylation is 3. The molecule has 140 valence electrons. The first-order valence-corrected chi connectivity index (χ1v) is 9.44. The van der Waals surface area contributed by atoms with E-state index >= 15 is 0 Å². The van der Waals surface area contributed by atoms with E-state index in [2.05, 4.69) is 20.4 Å². The lowest BCUT2D eigenvalue weighted by molar-refractivity contribution is -0.116. The van der Waals surface area contributed by atoms with Crippen molar-refractivity contribution in [2.75, 3.05) is 23.3 Å². The number of aromatic nitrogens is 4. The van der Waals surface area contributed by atoms with E-state index < -0.39 is 0 Å². The van der Waals surface area contributed by atoms with Crippen LogP contribution in [-0.4, -0.2) is 38.8 Å². The number of rotatable bonds is 5. The number of hydrogen-bond acceptors (Lipinski definition) is 5. The molecule has 0 spiro atoms. The summed E-state index contributed by atoms with van der Waals surface area (Å²) in [6.45, 7) is 6.07. The predicted molar refractivity (Wildman–Crippen MR) is 105 cm³/mol. The Balaban J connectivity index is 1.47. The third kappa shape index (κ3) is 3.63. The minimum atomic E-state index is -0.0279. The molecule has 3 aromatic rings. The summed E-state index contributed by atoms with van der Waals surface area (Å²) >= 11 is 0. The average molecular weight is 364 g/mol. The topological polar surface area (TPSA) is 75.4 Å². The minimum absolute atomic E-state index is 0.0279. The van der Waals surface area contributed by atoms with E-state index in [0.29, 0.717) is 24.3 Å². The summed E-state index contributed by atoms with van der Waals surface area (Å²) in [4.78, 5) is 14.7. The standard InChI is InChI=1S/C20H24N6O/c1-14-6-5-7-15(2)20(14)21-19(27)11-10-17-23-22-16-8-9-18(24-26(16)17)25-12-3-4-13-25/h5-9H,3-4,10-13H2,1-2H3,(H,21,27). The van der Waals surface area contributed by atoms with Crippen molar-refractivity contribution in [2.45, 2.75) is 39.5 Å². The van der Waals surface area contributed by atoms with Crippen molar-refractivity contribution >= 4 is 23.1 Å². The number of para-hydroxylation sites is 1. The van der Waals surface area contributed by atoms with Crippen molar-refractivity contribution in [2.24, 2.45) is 0 Å². The van der Waals surface area contributed by atoms with E-state index in [1.807, 2.05) is 44.2 Å². The monoisotopic (exact) mass is 364 g/mol. The second-order valence-corrected chi connectivity index (χ2v) is 7.09. The van der Waals surface area contributed by atoms with E-state index in [4.69, 9.17) is 5.10 Å². The van der Waals surface area contributed by atoms with Crippen molar-refractivity contribution in [3.63, 3.8) is 0 Å². The molecule has 1 fully saturated rings. The molecule has 0 saturated carbocycles. The Bertz CT molecular complexity index is 954. The van der Waals surface area contributed by atoms with Crippen LogP contribution in [0.2, 0.25) is 0 Å². The van der Waals surface area contributed by atoms with Gasteiger partial charge in [0, 0.05) is 31.6 Å². The summed E-state index contributed by atoms with van der Waals surface area (Å²) in [5.41, 5.74) is 3.73. The molecular formula is C20H24N6O. The summed E-state index contributed by atoms with van der Waals surface area (Å²) in [6.07, 6.45) is 3.24. The van der Waals surface area contributed by atoms with Gasteiger partial charge in [-0.1, -0.05) is 18.2 Å². The van der Waals surface area contributed by atoms with Gasteiger partial charge in [-0.15, -0.1) is 15.3 Å². The Labute approximate surface area is 158 Å². The lowest BCUT2D eigenvalue weighted by atomic mass is 10.1. The molecule has 0 bridgehead atoms. The van der Waals surface area contributed by atoms with Gasteiger partial charge >= 0.3 is 0 Å². The zero-order chi connectivity index (χ0) is 18.8. The maximum atomic E-state index is 12.4. The Morgan fingerprint density at radius 1 is 1.07 bits per heavy atom. The van der Waals surface area contributed by atoms with Crippen molar-refractivity contribution < 1.29 is 4.79 Å². The normalized spacial score (nSPS) is 14.1. The van der Waals surface area contributed by atoms with Crippen molar-refractivity contribution in [3.05, 3.63) is 47.3 Å². The molecule has 7 heteroatoms. The second-order valence-electron chi connectivity index (χ2n) is 7.09. The van der Waals surface area contributed by atoms with Crippen LogP contribution in [-0.2, 0) is 11.2 Å². The quantitative estimate of drug-likeness (QED) is 0.753. The Hall–Kier alpha value is -2.96. The van der Waals surface area contributed by atoms with Crippen LogP contribution < -0.4 is 10.2 Å². The number of amides is 1. The first kappa shape index (κ1) is 17.5. The molecular weight excluding hydrogens is 340 g/mol. The summed E-state index contributed by atoms with van der Waals surface area (Å²) in [7, 11) is 0. The molecule has 2 aromatic heterocycles. The molecule has 3 heterocycles. The fourth-order valence-electron chi connectivity index (χ4n) is 3.53. The number of anilines is 2. The number of carbonyl (C=O) groups is 1. The van der Waals surface area contributed by atoms with Crippen LogP contribution in [0.25, 0.3) is 5.65 Å². The zero-order valence-corrected chi connectivity index (χ0v) is 15.8. The van der Waals surface area contributed by atoms with Gasteiger partial charge in [0.2, 0.25) is 5.91 Å². The van der Waals surface area contributed by atoms with Crippen LogP contribution in [0.3, 0.4) is 0 Å². The van der Waals surface area contributed by atoms with Crippen LogP contribution in [0, 0.1) is 13.8 Å². The van der Waals surface area contributed by atoms with Gasteiger partial charge in [0.25, 0.3) is 0 Å². The van der Waals surface area contributed by atoms with E-state index in [9.17, 15) is 4.79 Å². The third-order valence-corrected chi connectivity index (χ3v) is 5.06. The summed E-state index contributed by atoms with van der Waals surface area (Å²) in [6, 6.07) is 9.92. The SMILES string of the molecule is Cc1cccc(C)c1NC(=O)CCc1nnc2ccc(N3CCCC3)nn12. The predicted octanol–water partition coefficient (Wildman–Crippen LogP) is 2.91. The number of nitrogens with zero attached hydrogens (tertiary/aromatic N) is 5. The van der Waals surface area contributed by atoms with Crippen molar-refractivity contribution in [3.8, 4) is 0 Å². The number of carbonyl (C=O) groups excluding carboxylic acids is 1. The molecule has 0 aliphatic carbocycles. The molecule has 27 heavy (non-hydrogen) atoms. The Morgan fingerprint density at radius 3 is 2.56 bits per heavy atom. The van der Waals surface area contributed by atoms with Gasteiger partial charge in [0.1, 0.15) is 5.82 Å². The molecule has 1 aliphatic heterocycles. The molecule has 4 rings (SSSR count). The Kier molecular flexibility index (Phi) is 4.75. The molecule has 7 nitrogen and oxygen atoms in total. The van der Waals surface area contributed by atoms with Gasteiger partial charge in [-0.05, 0) is 49.9 Å². The molecule has 1 amide bonds. The molecule has 1 aliphatic rings. The largest absolute Gasteiger partial charge is 0.355 e. The number of fused-ring (bicyclic) bond motifs is 1. The van der Waals surface area contributed by atoms with Gasteiger partial charge in [0.15, 0.2) is 11.5 Å². The summed E-state index contributed by atoms with van der Waals surface area (Å²) in [5, 5.41) is 16.1. The molecule has 0 radical (unpaired) electrons. The van der Waals surface area contributed by atoms with Gasteiger partial charge in [0.05, 0.1) is 0 Å². The van der Waals surface area contributed by atoms with Crippen LogP contribution in [0.4, 0.5) is 11.5 Å². The van der Waals surface area contributed by atoms with Crippen LogP contribution in [0.15, 0.2) is 30.3 Å². The summed E-state index contributed by atoms with van der Waals surface area (Å²) in [5.74, 6) is 1.63. The number of benzene rings is 1. The molecule has 1 saturated heterocycles. The maximum Gasteiger partial charge on any atom is 0.224 e. The van der Waals surface area contributed by atoms with Crippen LogP contribution in [0.1, 0.15) is 36.2 Å². The highest BCUT2D eigenvalue weighted by atomic mass is 16.1. The van der Waals surface area contributed by atoms with E-state index in [1.54, 1.807) is 4.52 Å². The lowest BCUT2D eigenvalue weighted by Crippen LogP contribution is -2.20. The van der Waals surface area contributed by atoms with Crippen molar-refractivity contribution in [1.29, 1.82) is 0 Å². The van der Waals surface area contributed by atoms with Gasteiger partial charge in [-0.3, -0.25) is 4.79 Å².